The molecular formula is C22H24ClN3O2S. The number of carbonyl (C=O) groups excluding carboxylic acids is 1. The van der Waals surface area contributed by atoms with Gasteiger partial charge in [-0.05, 0) is 49.1 Å². The van der Waals surface area contributed by atoms with Crippen LogP contribution < -0.4 is 0 Å². The molecule has 1 aliphatic rings. The van der Waals surface area contributed by atoms with Crippen molar-refractivity contribution in [3.8, 4) is 5.13 Å². The van der Waals surface area contributed by atoms with Crippen molar-refractivity contribution in [2.24, 2.45) is 0 Å². The maximum Gasteiger partial charge on any atom is 0.265 e. The van der Waals surface area contributed by atoms with Gasteiger partial charge in [0.1, 0.15) is 4.88 Å². The quantitative estimate of drug-likeness (QED) is 0.641. The summed E-state index contributed by atoms with van der Waals surface area (Å²) in [6, 6.07) is 11.2. The van der Waals surface area contributed by atoms with E-state index < -0.39 is 5.60 Å². The minimum Gasteiger partial charge on any atom is -0.385 e. The third kappa shape index (κ3) is 4.10. The average Bonchev–Trinajstić information content (AvgIpc) is 3.39. The summed E-state index contributed by atoms with van der Waals surface area (Å²) in [5.74, 6) is 0.0162. The number of benzene rings is 1. The third-order valence-electron chi connectivity index (χ3n) is 5.45. The first-order valence-corrected chi connectivity index (χ1v) is 11.1. The minimum absolute atomic E-state index is 0.0162. The summed E-state index contributed by atoms with van der Waals surface area (Å²) in [6.07, 6.45) is 6.61. The van der Waals surface area contributed by atoms with Gasteiger partial charge < -0.3 is 14.6 Å². The van der Waals surface area contributed by atoms with Crippen LogP contribution in [0.5, 0.6) is 0 Å². The highest BCUT2D eigenvalue weighted by atomic mass is 35.5. The van der Waals surface area contributed by atoms with E-state index in [4.69, 9.17) is 16.6 Å². The molecule has 1 aromatic carbocycles. The summed E-state index contributed by atoms with van der Waals surface area (Å²) in [5, 5.41) is 12.5. The molecule has 0 unspecified atom stereocenters. The Morgan fingerprint density at radius 3 is 2.48 bits per heavy atom. The van der Waals surface area contributed by atoms with Crippen molar-refractivity contribution in [1.29, 1.82) is 0 Å². The molecule has 0 spiro atoms. The predicted octanol–water partition coefficient (Wildman–Crippen LogP) is 4.66. The van der Waals surface area contributed by atoms with E-state index >= 15 is 0 Å². The highest BCUT2D eigenvalue weighted by molar-refractivity contribution is 7.16. The Morgan fingerprint density at radius 1 is 1.21 bits per heavy atom. The molecule has 3 aromatic rings. The first kappa shape index (κ1) is 20.1. The molecule has 152 valence electrons. The normalized spacial score (nSPS) is 16.2. The molecular weight excluding hydrogens is 406 g/mol. The summed E-state index contributed by atoms with van der Waals surface area (Å²) in [5.41, 5.74) is 0.801. The van der Waals surface area contributed by atoms with E-state index in [2.05, 4.69) is 6.92 Å². The number of halogens is 1. The van der Waals surface area contributed by atoms with Crippen LogP contribution in [0.1, 0.15) is 47.1 Å². The van der Waals surface area contributed by atoms with Crippen molar-refractivity contribution in [3.05, 3.63) is 69.9 Å². The van der Waals surface area contributed by atoms with Crippen LogP contribution in [0, 0.1) is 0 Å². The van der Waals surface area contributed by atoms with Gasteiger partial charge in [0.25, 0.3) is 5.91 Å². The average molecular weight is 430 g/mol. The lowest BCUT2D eigenvalue weighted by Crippen LogP contribution is -2.45. The zero-order chi connectivity index (χ0) is 20.4. The Hall–Kier alpha value is -2.15. The van der Waals surface area contributed by atoms with E-state index in [0.29, 0.717) is 35.8 Å². The van der Waals surface area contributed by atoms with Crippen LogP contribution >= 0.6 is 22.9 Å². The van der Waals surface area contributed by atoms with Gasteiger partial charge in [-0.2, -0.15) is 0 Å². The summed E-state index contributed by atoms with van der Waals surface area (Å²) in [4.78, 5) is 20.5. The molecule has 29 heavy (non-hydrogen) atoms. The number of nitrogens with zero attached hydrogens (tertiary/aromatic N) is 3. The first-order chi connectivity index (χ1) is 14.0. The number of carbonyl (C=O) groups is 1. The SMILES string of the molecule is CCCc1nc(-n2cccc2)sc1C(=O)N1CCC(O)(c2ccc(Cl)cc2)CC1. The number of hydrogen-bond donors (Lipinski definition) is 1. The largest absolute Gasteiger partial charge is 0.385 e. The van der Waals surface area contributed by atoms with E-state index in [1.807, 2.05) is 46.1 Å². The molecule has 0 bridgehead atoms. The number of aryl methyl sites for hydroxylation is 1. The lowest BCUT2D eigenvalue weighted by atomic mass is 9.84. The second kappa shape index (κ2) is 8.30. The molecule has 1 saturated heterocycles. The summed E-state index contributed by atoms with van der Waals surface area (Å²) in [7, 11) is 0. The molecule has 4 rings (SSSR count). The van der Waals surface area contributed by atoms with Crippen LogP contribution in [-0.4, -0.2) is 38.6 Å². The maximum absolute atomic E-state index is 13.3. The molecule has 0 radical (unpaired) electrons. The number of aliphatic hydroxyl groups is 1. The van der Waals surface area contributed by atoms with E-state index in [0.717, 1.165) is 29.2 Å². The van der Waals surface area contributed by atoms with Crippen molar-refractivity contribution in [3.63, 3.8) is 0 Å². The monoisotopic (exact) mass is 429 g/mol. The number of likely N-dealkylation sites (tertiary alicyclic amines) is 1. The Balaban J connectivity index is 1.51. The fourth-order valence-electron chi connectivity index (χ4n) is 3.76. The van der Waals surface area contributed by atoms with Crippen LogP contribution in [0.15, 0.2) is 48.8 Å². The highest BCUT2D eigenvalue weighted by Crippen LogP contribution is 2.35. The van der Waals surface area contributed by atoms with Gasteiger partial charge in [0.05, 0.1) is 11.3 Å². The minimum atomic E-state index is -0.919. The molecule has 1 amide bonds. The Morgan fingerprint density at radius 2 is 1.86 bits per heavy atom. The summed E-state index contributed by atoms with van der Waals surface area (Å²) in [6.45, 7) is 3.12. The van der Waals surface area contributed by atoms with Crippen LogP contribution in [0.3, 0.4) is 0 Å². The Bertz CT molecular complexity index is 974. The molecule has 0 atom stereocenters. The van der Waals surface area contributed by atoms with Crippen LogP contribution in [0.25, 0.3) is 5.13 Å². The fraction of sp³-hybridized carbons (Fsp3) is 0.364. The van der Waals surface area contributed by atoms with Crippen molar-refractivity contribution < 1.29 is 9.90 Å². The van der Waals surface area contributed by atoms with Crippen molar-refractivity contribution >= 4 is 28.8 Å². The standard InChI is InChI=1S/C22H24ClN3O2S/c1-2-5-18-19(29-21(24-18)26-12-3-4-13-26)20(27)25-14-10-22(28,11-15-25)16-6-8-17(23)9-7-16/h3-4,6-9,12-13,28H,2,5,10-11,14-15H2,1H3. The molecule has 2 aromatic heterocycles. The number of aromatic nitrogens is 2. The van der Waals surface area contributed by atoms with Crippen molar-refractivity contribution in [2.45, 2.75) is 38.2 Å². The molecule has 1 fully saturated rings. The van der Waals surface area contributed by atoms with Crippen LogP contribution in [0.2, 0.25) is 5.02 Å². The predicted molar refractivity (Wildman–Crippen MR) is 116 cm³/mol. The number of piperidine rings is 1. The van der Waals surface area contributed by atoms with Crippen molar-refractivity contribution in [2.75, 3.05) is 13.1 Å². The molecule has 1 aliphatic heterocycles. The topological polar surface area (TPSA) is 58.4 Å². The van der Waals surface area contributed by atoms with E-state index in [1.54, 1.807) is 12.1 Å². The maximum atomic E-state index is 13.3. The van der Waals surface area contributed by atoms with Gasteiger partial charge >= 0.3 is 0 Å². The number of thiazole rings is 1. The molecule has 0 saturated carbocycles. The summed E-state index contributed by atoms with van der Waals surface area (Å²) < 4.78 is 1.94. The molecule has 5 nitrogen and oxygen atoms in total. The lowest BCUT2D eigenvalue weighted by molar-refractivity contribution is -0.0210. The Labute approximate surface area is 179 Å². The second-order valence-electron chi connectivity index (χ2n) is 7.44. The number of hydrogen-bond acceptors (Lipinski definition) is 4. The fourth-order valence-corrected chi connectivity index (χ4v) is 4.93. The van der Waals surface area contributed by atoms with Gasteiger partial charge in [0, 0.05) is 30.5 Å². The molecule has 1 N–H and O–H groups in total. The van der Waals surface area contributed by atoms with Gasteiger partial charge in [0.15, 0.2) is 5.13 Å². The molecule has 0 aliphatic carbocycles. The van der Waals surface area contributed by atoms with E-state index in [1.165, 1.54) is 11.3 Å². The summed E-state index contributed by atoms with van der Waals surface area (Å²) >= 11 is 7.41. The number of amides is 1. The van der Waals surface area contributed by atoms with Crippen molar-refractivity contribution in [1.82, 2.24) is 14.5 Å². The van der Waals surface area contributed by atoms with Gasteiger partial charge in [-0.15, -0.1) is 0 Å². The second-order valence-corrected chi connectivity index (χ2v) is 8.86. The zero-order valence-corrected chi connectivity index (χ0v) is 17.9. The first-order valence-electron chi connectivity index (χ1n) is 9.91. The Kier molecular flexibility index (Phi) is 5.76. The van der Waals surface area contributed by atoms with Crippen LogP contribution in [0.4, 0.5) is 0 Å². The van der Waals surface area contributed by atoms with E-state index in [9.17, 15) is 9.90 Å². The molecule has 3 heterocycles. The number of rotatable bonds is 5. The van der Waals surface area contributed by atoms with E-state index in [-0.39, 0.29) is 5.91 Å². The smallest absolute Gasteiger partial charge is 0.265 e. The van der Waals surface area contributed by atoms with Gasteiger partial charge in [-0.1, -0.05) is 48.4 Å². The van der Waals surface area contributed by atoms with Gasteiger partial charge in [-0.3, -0.25) is 4.79 Å². The highest BCUT2D eigenvalue weighted by Gasteiger charge is 2.36. The van der Waals surface area contributed by atoms with Gasteiger partial charge in [0.2, 0.25) is 0 Å². The third-order valence-corrected chi connectivity index (χ3v) is 6.80. The zero-order valence-electron chi connectivity index (χ0n) is 16.3. The molecule has 7 heteroatoms. The lowest BCUT2D eigenvalue weighted by Gasteiger charge is -2.38. The van der Waals surface area contributed by atoms with Gasteiger partial charge in [-0.25, -0.2) is 4.98 Å². The van der Waals surface area contributed by atoms with Crippen LogP contribution in [-0.2, 0) is 12.0 Å².